The van der Waals surface area contributed by atoms with Gasteiger partial charge in [0, 0.05) is 0 Å². The summed E-state index contributed by atoms with van der Waals surface area (Å²) in [7, 11) is 1.43. The lowest BCUT2D eigenvalue weighted by Gasteiger charge is -2.26. The van der Waals surface area contributed by atoms with Crippen molar-refractivity contribution >= 4 is 5.97 Å². The van der Waals surface area contributed by atoms with Gasteiger partial charge in [0.25, 0.3) is 0 Å². The molecule has 0 amide bonds. The second-order valence-corrected chi connectivity index (χ2v) is 5.52. The Balaban J connectivity index is 1.99. The standard InChI is InChI=1S/C16H22O2/c1-12-6-8-13(9-7-12)10-14-4-3-5-15(11-14)16(17)18-2/h3-5,11-13H,6-10H2,1-2H3. The molecule has 0 unspecified atom stereocenters. The van der Waals surface area contributed by atoms with Crippen molar-refractivity contribution in [1.29, 1.82) is 0 Å². The summed E-state index contributed by atoms with van der Waals surface area (Å²) in [6.07, 6.45) is 6.44. The fraction of sp³-hybridized carbons (Fsp3) is 0.562. The summed E-state index contributed by atoms with van der Waals surface area (Å²) in [6, 6.07) is 7.86. The van der Waals surface area contributed by atoms with E-state index in [1.165, 1.54) is 38.4 Å². The van der Waals surface area contributed by atoms with Gasteiger partial charge in [0.05, 0.1) is 12.7 Å². The zero-order valence-electron chi connectivity index (χ0n) is 11.3. The Hall–Kier alpha value is -1.31. The summed E-state index contributed by atoms with van der Waals surface area (Å²) in [6.45, 7) is 2.34. The highest BCUT2D eigenvalue weighted by molar-refractivity contribution is 5.89. The summed E-state index contributed by atoms with van der Waals surface area (Å²) in [5, 5.41) is 0. The van der Waals surface area contributed by atoms with Crippen LogP contribution in [0.5, 0.6) is 0 Å². The Morgan fingerprint density at radius 1 is 1.28 bits per heavy atom. The van der Waals surface area contributed by atoms with E-state index in [0.717, 1.165) is 18.3 Å². The number of methoxy groups -OCH3 is 1. The van der Waals surface area contributed by atoms with Crippen molar-refractivity contribution in [1.82, 2.24) is 0 Å². The van der Waals surface area contributed by atoms with E-state index in [4.69, 9.17) is 4.74 Å². The summed E-state index contributed by atoms with van der Waals surface area (Å²) >= 11 is 0. The number of hydrogen-bond acceptors (Lipinski definition) is 2. The smallest absolute Gasteiger partial charge is 0.337 e. The third-order valence-electron chi connectivity index (χ3n) is 4.01. The van der Waals surface area contributed by atoms with Gasteiger partial charge in [0.15, 0.2) is 0 Å². The maximum atomic E-state index is 11.5. The number of carbonyl (C=O) groups excluding carboxylic acids is 1. The molecule has 0 heterocycles. The highest BCUT2D eigenvalue weighted by atomic mass is 16.5. The number of hydrogen-bond donors (Lipinski definition) is 0. The van der Waals surface area contributed by atoms with E-state index in [1.807, 2.05) is 18.2 Å². The molecule has 0 N–H and O–H groups in total. The maximum Gasteiger partial charge on any atom is 0.337 e. The molecule has 0 spiro atoms. The summed E-state index contributed by atoms with van der Waals surface area (Å²) in [5.74, 6) is 1.44. The molecule has 2 nitrogen and oxygen atoms in total. The lowest BCUT2D eigenvalue weighted by molar-refractivity contribution is 0.0600. The van der Waals surface area contributed by atoms with Crippen molar-refractivity contribution in [3.05, 3.63) is 35.4 Å². The molecule has 0 radical (unpaired) electrons. The Kier molecular flexibility index (Phi) is 4.40. The minimum absolute atomic E-state index is 0.242. The van der Waals surface area contributed by atoms with Gasteiger partial charge < -0.3 is 4.74 Å². The van der Waals surface area contributed by atoms with Crippen molar-refractivity contribution in [3.63, 3.8) is 0 Å². The first-order valence-corrected chi connectivity index (χ1v) is 6.86. The predicted octanol–water partition coefficient (Wildman–Crippen LogP) is 3.84. The van der Waals surface area contributed by atoms with Gasteiger partial charge in [-0.3, -0.25) is 0 Å². The van der Waals surface area contributed by atoms with E-state index in [-0.39, 0.29) is 5.97 Å². The Bertz CT molecular complexity index is 403. The van der Waals surface area contributed by atoms with Crippen LogP contribution in [0.2, 0.25) is 0 Å². The molecule has 2 rings (SSSR count). The minimum atomic E-state index is -0.242. The van der Waals surface area contributed by atoms with Gasteiger partial charge in [0.1, 0.15) is 0 Å². The van der Waals surface area contributed by atoms with Crippen molar-refractivity contribution in [2.45, 2.75) is 39.0 Å². The second-order valence-electron chi connectivity index (χ2n) is 5.52. The van der Waals surface area contributed by atoms with Crippen LogP contribution in [-0.2, 0) is 11.2 Å². The van der Waals surface area contributed by atoms with Gasteiger partial charge in [-0.2, -0.15) is 0 Å². The van der Waals surface area contributed by atoms with Crippen molar-refractivity contribution < 1.29 is 9.53 Å². The largest absolute Gasteiger partial charge is 0.465 e. The molecule has 2 heteroatoms. The highest BCUT2D eigenvalue weighted by Gasteiger charge is 2.18. The monoisotopic (exact) mass is 246 g/mol. The number of esters is 1. The minimum Gasteiger partial charge on any atom is -0.465 e. The summed E-state index contributed by atoms with van der Waals surface area (Å²) < 4.78 is 4.76. The first kappa shape index (κ1) is 13.1. The van der Waals surface area contributed by atoms with E-state index in [9.17, 15) is 4.79 Å². The highest BCUT2D eigenvalue weighted by Crippen LogP contribution is 2.30. The van der Waals surface area contributed by atoms with Crippen molar-refractivity contribution in [2.24, 2.45) is 11.8 Å². The second kappa shape index (κ2) is 6.03. The van der Waals surface area contributed by atoms with Crippen LogP contribution < -0.4 is 0 Å². The van der Waals surface area contributed by atoms with Crippen LogP contribution in [0.1, 0.15) is 48.5 Å². The van der Waals surface area contributed by atoms with Crippen LogP contribution in [0.25, 0.3) is 0 Å². The molecular formula is C16H22O2. The normalized spacial score (nSPS) is 23.7. The third-order valence-corrected chi connectivity index (χ3v) is 4.01. The van der Waals surface area contributed by atoms with Gasteiger partial charge >= 0.3 is 5.97 Å². The Labute approximate surface area is 109 Å². The van der Waals surface area contributed by atoms with Crippen LogP contribution in [0, 0.1) is 11.8 Å². The molecule has 1 aliphatic carbocycles. The first-order valence-electron chi connectivity index (χ1n) is 6.86. The molecule has 98 valence electrons. The molecule has 0 bridgehead atoms. The molecule has 0 aromatic heterocycles. The third kappa shape index (κ3) is 3.34. The van der Waals surface area contributed by atoms with Crippen molar-refractivity contribution in [3.8, 4) is 0 Å². The average Bonchev–Trinajstić information content (AvgIpc) is 2.41. The molecular weight excluding hydrogens is 224 g/mol. The first-order chi connectivity index (χ1) is 8.69. The Morgan fingerprint density at radius 3 is 2.67 bits per heavy atom. The zero-order valence-corrected chi connectivity index (χ0v) is 11.3. The zero-order chi connectivity index (χ0) is 13.0. The van der Waals surface area contributed by atoms with Crippen LogP contribution in [-0.4, -0.2) is 13.1 Å². The fourth-order valence-electron chi connectivity index (χ4n) is 2.81. The van der Waals surface area contributed by atoms with E-state index in [2.05, 4.69) is 13.0 Å². The molecule has 0 saturated heterocycles. The Morgan fingerprint density at radius 2 is 2.00 bits per heavy atom. The van der Waals surface area contributed by atoms with Gasteiger partial charge in [-0.15, -0.1) is 0 Å². The van der Waals surface area contributed by atoms with Gasteiger partial charge in [-0.05, 0) is 48.8 Å². The lowest BCUT2D eigenvalue weighted by atomic mass is 9.80. The van der Waals surface area contributed by atoms with Crippen LogP contribution >= 0.6 is 0 Å². The number of carbonyl (C=O) groups is 1. The molecule has 1 aliphatic rings. The van der Waals surface area contributed by atoms with E-state index in [1.54, 1.807) is 0 Å². The molecule has 1 fully saturated rings. The number of ether oxygens (including phenoxy) is 1. The van der Waals surface area contributed by atoms with E-state index < -0.39 is 0 Å². The number of benzene rings is 1. The van der Waals surface area contributed by atoms with Gasteiger partial charge in [-0.1, -0.05) is 31.9 Å². The van der Waals surface area contributed by atoms with Gasteiger partial charge in [0.2, 0.25) is 0 Å². The number of rotatable bonds is 3. The molecule has 18 heavy (non-hydrogen) atoms. The summed E-state index contributed by atoms with van der Waals surface area (Å²) in [5.41, 5.74) is 1.93. The van der Waals surface area contributed by atoms with E-state index >= 15 is 0 Å². The quantitative estimate of drug-likeness (QED) is 0.757. The van der Waals surface area contributed by atoms with Crippen LogP contribution in [0.4, 0.5) is 0 Å². The molecule has 1 saturated carbocycles. The van der Waals surface area contributed by atoms with Gasteiger partial charge in [-0.25, -0.2) is 4.79 Å². The average molecular weight is 246 g/mol. The SMILES string of the molecule is COC(=O)c1cccc(CC2CCC(C)CC2)c1. The fourth-order valence-corrected chi connectivity index (χ4v) is 2.81. The molecule has 0 atom stereocenters. The van der Waals surface area contributed by atoms with E-state index in [0.29, 0.717) is 5.56 Å². The molecule has 1 aromatic rings. The van der Waals surface area contributed by atoms with Crippen LogP contribution in [0.15, 0.2) is 24.3 Å². The topological polar surface area (TPSA) is 26.3 Å². The molecule has 0 aliphatic heterocycles. The van der Waals surface area contributed by atoms with Crippen LogP contribution in [0.3, 0.4) is 0 Å². The molecule has 1 aromatic carbocycles. The maximum absolute atomic E-state index is 11.5. The predicted molar refractivity (Wildman–Crippen MR) is 72.6 cm³/mol. The lowest BCUT2D eigenvalue weighted by Crippen LogP contribution is -2.14. The van der Waals surface area contributed by atoms with Crippen molar-refractivity contribution in [2.75, 3.05) is 7.11 Å². The summed E-state index contributed by atoms with van der Waals surface area (Å²) in [4.78, 5) is 11.5.